The fourth-order valence-corrected chi connectivity index (χ4v) is 2.19. The maximum Gasteiger partial charge on any atom is 0.316 e. The van der Waals surface area contributed by atoms with E-state index in [-0.39, 0.29) is 12.3 Å². The minimum absolute atomic E-state index is 0.213. The predicted octanol–water partition coefficient (Wildman–Crippen LogP) is 4.94. The molecule has 4 nitrogen and oxygen atoms in total. The molecule has 0 aliphatic rings. The van der Waals surface area contributed by atoms with E-state index in [0.717, 1.165) is 22.9 Å². The van der Waals surface area contributed by atoms with Gasteiger partial charge in [0.25, 0.3) is 0 Å². The van der Waals surface area contributed by atoms with Crippen molar-refractivity contribution in [2.24, 2.45) is 5.41 Å². The van der Waals surface area contributed by atoms with E-state index in [2.05, 4.69) is 0 Å². The maximum absolute atomic E-state index is 12.2. The molecule has 0 N–H and O–H groups in total. The Balaban J connectivity index is 2.16. The molecule has 1 atom stereocenters. The average molecular weight is 330 g/mol. The van der Waals surface area contributed by atoms with Gasteiger partial charge >= 0.3 is 5.97 Å². The summed E-state index contributed by atoms with van der Waals surface area (Å²) in [4.78, 5) is 12.2. The zero-order chi connectivity index (χ0) is 17.7. The van der Waals surface area contributed by atoms with Crippen molar-refractivity contribution >= 4 is 16.7 Å². The third-order valence-corrected chi connectivity index (χ3v) is 4.13. The summed E-state index contributed by atoms with van der Waals surface area (Å²) in [5.74, 6) is 1.10. The van der Waals surface area contributed by atoms with Crippen LogP contribution < -0.4 is 9.47 Å². The third kappa shape index (κ3) is 4.48. The lowest BCUT2D eigenvalue weighted by molar-refractivity contribution is -0.144. The summed E-state index contributed by atoms with van der Waals surface area (Å²) in [6, 6.07) is 11.4. The molecule has 0 saturated carbocycles. The largest absolute Gasteiger partial charge is 0.465 e. The summed E-state index contributed by atoms with van der Waals surface area (Å²) < 4.78 is 16.6. The van der Waals surface area contributed by atoms with E-state index in [1.165, 1.54) is 0 Å². The summed E-state index contributed by atoms with van der Waals surface area (Å²) in [5.41, 5.74) is -0.484. The van der Waals surface area contributed by atoms with Crippen molar-refractivity contribution in [3.63, 3.8) is 0 Å². The molecule has 2 aromatic rings. The Hall–Kier alpha value is -2.07. The van der Waals surface area contributed by atoms with E-state index >= 15 is 0 Å². The van der Waals surface area contributed by atoms with Gasteiger partial charge < -0.3 is 14.2 Å². The first-order chi connectivity index (χ1) is 11.4. The number of carbonyl (C=O) groups is 1. The highest BCUT2D eigenvalue weighted by atomic mass is 16.7. The van der Waals surface area contributed by atoms with Crippen LogP contribution in [-0.2, 0) is 9.53 Å². The number of hydrogen-bond donors (Lipinski definition) is 0. The van der Waals surface area contributed by atoms with Crippen molar-refractivity contribution in [1.29, 1.82) is 0 Å². The molecule has 0 saturated heterocycles. The summed E-state index contributed by atoms with van der Waals surface area (Å²) in [6.45, 7) is 10.2. The molecule has 2 rings (SSSR count). The number of fused-ring (bicyclic) bond motifs is 1. The van der Waals surface area contributed by atoms with Crippen molar-refractivity contribution in [2.45, 2.75) is 47.3 Å². The SMILES string of the molecule is CCOC(C)Oc1ccc2cc(OC(=O)C(C)(C)CC)ccc2c1. The van der Waals surface area contributed by atoms with Gasteiger partial charge in [0.2, 0.25) is 0 Å². The minimum Gasteiger partial charge on any atom is -0.465 e. The second-order valence-corrected chi connectivity index (χ2v) is 6.44. The van der Waals surface area contributed by atoms with Crippen molar-refractivity contribution in [2.75, 3.05) is 6.61 Å². The average Bonchev–Trinajstić information content (AvgIpc) is 2.55. The molecular weight excluding hydrogens is 304 g/mol. The Morgan fingerprint density at radius 1 is 1.04 bits per heavy atom. The lowest BCUT2D eigenvalue weighted by Gasteiger charge is -2.20. The van der Waals surface area contributed by atoms with E-state index in [0.29, 0.717) is 12.4 Å². The first-order valence-corrected chi connectivity index (χ1v) is 8.40. The number of hydrogen-bond acceptors (Lipinski definition) is 4. The Bertz CT molecular complexity index is 706. The lowest BCUT2D eigenvalue weighted by atomic mass is 9.91. The third-order valence-electron chi connectivity index (χ3n) is 4.13. The van der Waals surface area contributed by atoms with Crippen molar-refractivity contribution in [3.8, 4) is 11.5 Å². The molecule has 0 bridgehead atoms. The highest BCUT2D eigenvalue weighted by molar-refractivity contribution is 5.86. The van der Waals surface area contributed by atoms with Crippen LogP contribution in [0.2, 0.25) is 0 Å². The second kappa shape index (κ2) is 7.67. The Labute approximate surface area is 143 Å². The summed E-state index contributed by atoms with van der Waals surface area (Å²) in [5, 5.41) is 2.01. The molecular formula is C20H26O4. The van der Waals surface area contributed by atoms with Gasteiger partial charge in [-0.3, -0.25) is 4.79 Å². The number of esters is 1. The summed E-state index contributed by atoms with van der Waals surface area (Å²) in [7, 11) is 0. The number of ether oxygens (including phenoxy) is 3. The van der Waals surface area contributed by atoms with Crippen LogP contribution in [0.1, 0.15) is 41.0 Å². The molecule has 0 amide bonds. The van der Waals surface area contributed by atoms with E-state index in [1.807, 2.05) is 71.0 Å². The van der Waals surface area contributed by atoms with Gasteiger partial charge in [-0.1, -0.05) is 19.1 Å². The summed E-state index contributed by atoms with van der Waals surface area (Å²) >= 11 is 0. The predicted molar refractivity (Wildman–Crippen MR) is 95.4 cm³/mol. The summed E-state index contributed by atoms with van der Waals surface area (Å²) in [6.07, 6.45) is 0.446. The zero-order valence-electron chi connectivity index (χ0n) is 15.1. The number of carbonyl (C=O) groups excluding carboxylic acids is 1. The van der Waals surface area contributed by atoms with Gasteiger partial charge in [0.1, 0.15) is 11.5 Å². The molecule has 0 aliphatic carbocycles. The smallest absolute Gasteiger partial charge is 0.316 e. The molecule has 1 unspecified atom stereocenters. The topological polar surface area (TPSA) is 44.8 Å². The Morgan fingerprint density at radius 2 is 1.62 bits per heavy atom. The molecule has 0 aliphatic heterocycles. The van der Waals surface area contributed by atoms with Crippen LogP contribution in [0.3, 0.4) is 0 Å². The van der Waals surface area contributed by atoms with Gasteiger partial charge in [-0.2, -0.15) is 0 Å². The molecule has 0 spiro atoms. The van der Waals surface area contributed by atoms with E-state index in [1.54, 1.807) is 0 Å². The van der Waals surface area contributed by atoms with Crippen LogP contribution in [0.5, 0.6) is 11.5 Å². The highest BCUT2D eigenvalue weighted by Crippen LogP contribution is 2.28. The van der Waals surface area contributed by atoms with Crippen LogP contribution in [0.15, 0.2) is 36.4 Å². The first-order valence-electron chi connectivity index (χ1n) is 8.40. The van der Waals surface area contributed by atoms with Crippen LogP contribution in [0.4, 0.5) is 0 Å². The first kappa shape index (κ1) is 18.3. The van der Waals surface area contributed by atoms with Crippen molar-refractivity contribution < 1.29 is 19.0 Å². The molecule has 0 heterocycles. The number of benzene rings is 2. The van der Waals surface area contributed by atoms with Gasteiger partial charge in [-0.15, -0.1) is 0 Å². The molecule has 2 aromatic carbocycles. The van der Waals surface area contributed by atoms with Gasteiger partial charge in [-0.25, -0.2) is 0 Å². The van der Waals surface area contributed by atoms with Crippen molar-refractivity contribution in [1.82, 2.24) is 0 Å². The standard InChI is InChI=1S/C20H26O4/c1-6-20(4,5)19(21)24-18-11-9-15-12-17(10-8-16(15)13-18)23-14(3)22-7-2/h8-14H,6-7H2,1-5H3. The second-order valence-electron chi connectivity index (χ2n) is 6.44. The Morgan fingerprint density at radius 3 is 2.21 bits per heavy atom. The fourth-order valence-electron chi connectivity index (χ4n) is 2.19. The van der Waals surface area contributed by atoms with Crippen LogP contribution in [0, 0.1) is 5.41 Å². The van der Waals surface area contributed by atoms with Crippen LogP contribution in [0.25, 0.3) is 10.8 Å². The molecule has 4 heteroatoms. The number of rotatable bonds is 7. The fraction of sp³-hybridized carbons (Fsp3) is 0.450. The van der Waals surface area contributed by atoms with Crippen LogP contribution >= 0.6 is 0 Å². The van der Waals surface area contributed by atoms with Gasteiger partial charge in [0, 0.05) is 6.61 Å². The highest BCUT2D eigenvalue weighted by Gasteiger charge is 2.27. The van der Waals surface area contributed by atoms with Gasteiger partial charge in [0.05, 0.1) is 5.41 Å². The molecule has 24 heavy (non-hydrogen) atoms. The monoisotopic (exact) mass is 330 g/mol. The molecule has 0 aromatic heterocycles. The zero-order valence-corrected chi connectivity index (χ0v) is 15.1. The van der Waals surface area contributed by atoms with E-state index < -0.39 is 5.41 Å². The van der Waals surface area contributed by atoms with Gasteiger partial charge in [-0.05, 0) is 69.2 Å². The normalized spacial score (nSPS) is 12.9. The maximum atomic E-state index is 12.2. The van der Waals surface area contributed by atoms with E-state index in [4.69, 9.17) is 14.2 Å². The molecule has 130 valence electrons. The Kier molecular flexibility index (Phi) is 5.84. The minimum atomic E-state index is -0.484. The van der Waals surface area contributed by atoms with Gasteiger partial charge in [0.15, 0.2) is 6.29 Å². The lowest BCUT2D eigenvalue weighted by Crippen LogP contribution is -2.28. The molecule has 0 radical (unpaired) electrons. The molecule has 0 fully saturated rings. The van der Waals surface area contributed by atoms with Crippen molar-refractivity contribution in [3.05, 3.63) is 36.4 Å². The van der Waals surface area contributed by atoms with Crippen LogP contribution in [-0.4, -0.2) is 18.9 Å². The van der Waals surface area contributed by atoms with E-state index in [9.17, 15) is 4.79 Å². The quantitative estimate of drug-likeness (QED) is 0.410.